The first kappa shape index (κ1) is 10.5. The van der Waals surface area contributed by atoms with E-state index in [1.54, 1.807) is 12.1 Å². The van der Waals surface area contributed by atoms with Crippen LogP contribution in [-0.2, 0) is 5.60 Å². The third kappa shape index (κ3) is 1.33. The Hall–Kier alpha value is -0.600. The number of aliphatic hydroxyl groups is 1. The summed E-state index contributed by atoms with van der Waals surface area (Å²) < 4.78 is 13.1. The molecule has 1 aromatic carbocycles. The van der Waals surface area contributed by atoms with Crippen LogP contribution in [0.4, 0.5) is 4.39 Å². The smallest absolute Gasteiger partial charge is 0.141 e. The quantitative estimate of drug-likeness (QED) is 0.797. The van der Waals surface area contributed by atoms with E-state index in [0.717, 1.165) is 18.4 Å². The number of benzene rings is 1. The van der Waals surface area contributed by atoms with Crippen LogP contribution in [0.3, 0.4) is 0 Å². The molecule has 0 bridgehead atoms. The molecule has 2 aliphatic rings. The highest BCUT2D eigenvalue weighted by molar-refractivity contribution is 6.30. The van der Waals surface area contributed by atoms with E-state index in [1.807, 2.05) is 0 Å². The fourth-order valence-electron chi connectivity index (χ4n) is 3.27. The molecule has 2 aliphatic carbocycles. The van der Waals surface area contributed by atoms with E-state index in [9.17, 15) is 9.50 Å². The molecular formula is C13H14ClFO. The Bertz CT molecular complexity index is 420. The minimum absolute atomic E-state index is 0.106. The van der Waals surface area contributed by atoms with Gasteiger partial charge in [-0.2, -0.15) is 0 Å². The summed E-state index contributed by atoms with van der Waals surface area (Å²) in [6.07, 6.45) is 4.54. The van der Waals surface area contributed by atoms with Crippen molar-refractivity contribution in [3.63, 3.8) is 0 Å². The van der Waals surface area contributed by atoms with Crippen LogP contribution in [0.2, 0.25) is 5.02 Å². The summed E-state index contributed by atoms with van der Waals surface area (Å²) in [4.78, 5) is 0. The van der Waals surface area contributed by atoms with Crippen molar-refractivity contribution in [2.45, 2.75) is 31.3 Å². The molecule has 3 heteroatoms. The van der Waals surface area contributed by atoms with Crippen molar-refractivity contribution in [2.75, 3.05) is 0 Å². The van der Waals surface area contributed by atoms with Gasteiger partial charge in [0, 0.05) is 0 Å². The average molecular weight is 241 g/mol. The SMILES string of the molecule is OC1(c2ccc(F)c(Cl)c2)C2CCCCC21. The summed E-state index contributed by atoms with van der Waals surface area (Å²) in [5, 5.41) is 10.7. The van der Waals surface area contributed by atoms with Gasteiger partial charge in [0.1, 0.15) is 5.82 Å². The van der Waals surface area contributed by atoms with E-state index in [2.05, 4.69) is 0 Å². The number of hydrogen-bond donors (Lipinski definition) is 1. The highest BCUT2D eigenvalue weighted by Gasteiger charge is 2.64. The number of rotatable bonds is 1. The van der Waals surface area contributed by atoms with Gasteiger partial charge in [-0.1, -0.05) is 30.5 Å². The molecule has 86 valence electrons. The Labute approximate surface area is 99.2 Å². The van der Waals surface area contributed by atoms with E-state index < -0.39 is 11.4 Å². The summed E-state index contributed by atoms with van der Waals surface area (Å²) in [6, 6.07) is 4.59. The van der Waals surface area contributed by atoms with Crippen molar-refractivity contribution in [1.82, 2.24) is 0 Å². The van der Waals surface area contributed by atoms with E-state index in [1.165, 1.54) is 18.9 Å². The monoisotopic (exact) mass is 240 g/mol. The fraction of sp³-hybridized carbons (Fsp3) is 0.538. The van der Waals surface area contributed by atoms with Crippen molar-refractivity contribution in [3.05, 3.63) is 34.6 Å². The van der Waals surface area contributed by atoms with Crippen LogP contribution in [0.1, 0.15) is 31.2 Å². The Balaban J connectivity index is 1.95. The van der Waals surface area contributed by atoms with Gasteiger partial charge in [-0.25, -0.2) is 4.39 Å². The molecule has 3 rings (SSSR count). The van der Waals surface area contributed by atoms with Gasteiger partial charge in [-0.3, -0.25) is 0 Å². The molecule has 1 N–H and O–H groups in total. The van der Waals surface area contributed by atoms with Crippen LogP contribution in [0.25, 0.3) is 0 Å². The van der Waals surface area contributed by atoms with E-state index >= 15 is 0 Å². The van der Waals surface area contributed by atoms with Gasteiger partial charge in [-0.15, -0.1) is 0 Å². The third-order valence-electron chi connectivity index (χ3n) is 4.17. The molecule has 0 radical (unpaired) electrons. The maximum absolute atomic E-state index is 13.1. The highest BCUT2D eigenvalue weighted by Crippen LogP contribution is 2.64. The molecule has 2 atom stereocenters. The summed E-state index contributed by atoms with van der Waals surface area (Å²) >= 11 is 5.76. The summed E-state index contributed by atoms with van der Waals surface area (Å²) in [7, 11) is 0. The largest absolute Gasteiger partial charge is 0.385 e. The molecule has 16 heavy (non-hydrogen) atoms. The molecule has 2 unspecified atom stereocenters. The van der Waals surface area contributed by atoms with Gasteiger partial charge >= 0.3 is 0 Å². The second kappa shape index (κ2) is 3.44. The number of hydrogen-bond acceptors (Lipinski definition) is 1. The Morgan fingerprint density at radius 2 is 1.88 bits per heavy atom. The molecule has 1 aromatic rings. The lowest BCUT2D eigenvalue weighted by Crippen LogP contribution is -2.10. The predicted molar refractivity (Wildman–Crippen MR) is 60.8 cm³/mol. The van der Waals surface area contributed by atoms with E-state index in [-0.39, 0.29) is 5.02 Å². The van der Waals surface area contributed by atoms with Crippen LogP contribution in [0, 0.1) is 17.7 Å². The molecule has 0 spiro atoms. The maximum Gasteiger partial charge on any atom is 0.141 e. The zero-order chi connectivity index (χ0) is 11.3. The van der Waals surface area contributed by atoms with Crippen molar-refractivity contribution >= 4 is 11.6 Å². The summed E-state index contributed by atoms with van der Waals surface area (Å²) in [6.45, 7) is 0. The van der Waals surface area contributed by atoms with Crippen LogP contribution in [0.15, 0.2) is 18.2 Å². The number of halogens is 2. The standard InChI is InChI=1S/C13H14ClFO/c14-11-7-8(5-6-12(11)15)13(16)9-3-1-2-4-10(9)13/h5-7,9-10,16H,1-4H2. The van der Waals surface area contributed by atoms with Gasteiger partial charge in [-0.05, 0) is 42.4 Å². The Morgan fingerprint density at radius 1 is 1.25 bits per heavy atom. The minimum Gasteiger partial charge on any atom is -0.385 e. The predicted octanol–water partition coefficient (Wildman–Crippen LogP) is 3.49. The zero-order valence-corrected chi connectivity index (χ0v) is 9.67. The minimum atomic E-state index is -0.728. The fourth-order valence-corrected chi connectivity index (χ4v) is 3.45. The van der Waals surface area contributed by atoms with Gasteiger partial charge in [0.25, 0.3) is 0 Å². The molecule has 0 saturated heterocycles. The van der Waals surface area contributed by atoms with Crippen molar-refractivity contribution in [1.29, 1.82) is 0 Å². The second-order valence-corrected chi connectivity index (χ2v) is 5.36. The molecule has 0 aliphatic heterocycles. The van der Waals surface area contributed by atoms with Gasteiger partial charge in [0.05, 0.1) is 10.6 Å². The lowest BCUT2D eigenvalue weighted by atomic mass is 10.0. The molecule has 0 amide bonds. The van der Waals surface area contributed by atoms with Crippen molar-refractivity contribution in [2.24, 2.45) is 11.8 Å². The highest BCUT2D eigenvalue weighted by atomic mass is 35.5. The molecule has 1 nitrogen and oxygen atoms in total. The van der Waals surface area contributed by atoms with Crippen LogP contribution < -0.4 is 0 Å². The Morgan fingerprint density at radius 3 is 2.44 bits per heavy atom. The summed E-state index contributed by atoms with van der Waals surface area (Å²) in [5.74, 6) is 0.309. The lowest BCUT2D eigenvalue weighted by molar-refractivity contribution is 0.118. The van der Waals surface area contributed by atoms with E-state index in [0.29, 0.717) is 11.8 Å². The van der Waals surface area contributed by atoms with Crippen molar-refractivity contribution < 1.29 is 9.50 Å². The lowest BCUT2D eigenvalue weighted by Gasteiger charge is -2.11. The van der Waals surface area contributed by atoms with Gasteiger partial charge in [0.2, 0.25) is 0 Å². The second-order valence-electron chi connectivity index (χ2n) is 4.95. The van der Waals surface area contributed by atoms with Gasteiger partial charge in [0.15, 0.2) is 0 Å². The van der Waals surface area contributed by atoms with E-state index in [4.69, 9.17) is 11.6 Å². The van der Waals surface area contributed by atoms with Gasteiger partial charge < -0.3 is 5.11 Å². The van der Waals surface area contributed by atoms with Crippen LogP contribution in [-0.4, -0.2) is 5.11 Å². The molecule has 2 fully saturated rings. The molecule has 0 heterocycles. The summed E-state index contributed by atoms with van der Waals surface area (Å²) in [5.41, 5.74) is 0.0594. The molecule has 2 saturated carbocycles. The first-order valence-corrected chi connectivity index (χ1v) is 6.19. The normalized spacial score (nSPS) is 36.9. The van der Waals surface area contributed by atoms with Crippen LogP contribution in [0.5, 0.6) is 0 Å². The number of fused-ring (bicyclic) bond motifs is 1. The van der Waals surface area contributed by atoms with Crippen molar-refractivity contribution in [3.8, 4) is 0 Å². The molecular weight excluding hydrogens is 227 g/mol. The first-order valence-electron chi connectivity index (χ1n) is 5.82. The zero-order valence-electron chi connectivity index (χ0n) is 8.92. The Kier molecular flexibility index (Phi) is 2.27. The first-order chi connectivity index (χ1) is 7.64. The average Bonchev–Trinajstić information content (AvgIpc) is 2.91. The topological polar surface area (TPSA) is 20.2 Å². The third-order valence-corrected chi connectivity index (χ3v) is 4.46. The van der Waals surface area contributed by atoms with Crippen LogP contribution >= 0.6 is 11.6 Å². The maximum atomic E-state index is 13.1. The molecule has 0 aromatic heterocycles.